The lowest BCUT2D eigenvalue weighted by molar-refractivity contribution is -0.0695. The zero-order chi connectivity index (χ0) is 12.3. The van der Waals surface area contributed by atoms with Crippen molar-refractivity contribution in [2.75, 3.05) is 13.7 Å². The Morgan fingerprint density at radius 1 is 1.47 bits per heavy atom. The van der Waals surface area contributed by atoms with Crippen molar-refractivity contribution in [1.82, 2.24) is 5.32 Å². The van der Waals surface area contributed by atoms with E-state index in [1.54, 1.807) is 7.11 Å². The normalized spacial score (nSPS) is 17.8. The third kappa shape index (κ3) is 3.22. The highest BCUT2D eigenvalue weighted by Gasteiger charge is 2.36. The summed E-state index contributed by atoms with van der Waals surface area (Å²) in [6.07, 6.45) is 3.59. The van der Waals surface area contributed by atoms with E-state index in [1.165, 1.54) is 6.42 Å². The zero-order valence-corrected chi connectivity index (χ0v) is 12.3. The molecule has 0 heterocycles. The summed E-state index contributed by atoms with van der Waals surface area (Å²) in [5, 5.41) is 4.23. The molecule has 0 unspecified atom stereocenters. The van der Waals surface area contributed by atoms with E-state index in [4.69, 9.17) is 16.3 Å². The van der Waals surface area contributed by atoms with Crippen LogP contribution in [0.3, 0.4) is 0 Å². The first-order chi connectivity index (χ1) is 8.15. The highest BCUT2D eigenvalue weighted by Crippen LogP contribution is 2.34. The van der Waals surface area contributed by atoms with Crippen LogP contribution in [0.1, 0.15) is 24.8 Å². The molecule has 0 radical (unpaired) electrons. The van der Waals surface area contributed by atoms with Gasteiger partial charge in [0, 0.05) is 29.7 Å². The molecule has 1 aromatic carbocycles. The Morgan fingerprint density at radius 3 is 2.76 bits per heavy atom. The SMILES string of the molecule is COC1(CNCc2ccc(Br)cc2Cl)CCC1. The maximum Gasteiger partial charge on any atom is 0.0802 e. The third-order valence-electron chi connectivity index (χ3n) is 3.48. The Hall–Kier alpha value is -0.0900. The van der Waals surface area contributed by atoms with Gasteiger partial charge in [-0.15, -0.1) is 0 Å². The van der Waals surface area contributed by atoms with Crippen LogP contribution in [-0.4, -0.2) is 19.3 Å². The largest absolute Gasteiger partial charge is 0.377 e. The minimum Gasteiger partial charge on any atom is -0.377 e. The van der Waals surface area contributed by atoms with Crippen LogP contribution in [0.15, 0.2) is 22.7 Å². The fourth-order valence-corrected chi connectivity index (χ4v) is 2.85. The molecule has 17 heavy (non-hydrogen) atoms. The highest BCUT2D eigenvalue weighted by atomic mass is 79.9. The van der Waals surface area contributed by atoms with Gasteiger partial charge in [0.15, 0.2) is 0 Å². The van der Waals surface area contributed by atoms with Crippen molar-refractivity contribution in [3.63, 3.8) is 0 Å². The van der Waals surface area contributed by atoms with Crippen LogP contribution in [-0.2, 0) is 11.3 Å². The van der Waals surface area contributed by atoms with Crippen molar-refractivity contribution in [2.24, 2.45) is 0 Å². The second-order valence-corrected chi connectivity index (χ2v) is 5.90. The molecule has 1 saturated carbocycles. The van der Waals surface area contributed by atoms with Crippen LogP contribution in [0.4, 0.5) is 0 Å². The standard InChI is InChI=1S/C13H17BrClNO/c1-17-13(5-2-6-13)9-16-8-10-3-4-11(14)7-12(10)15/h3-4,7,16H,2,5-6,8-9H2,1H3. The summed E-state index contributed by atoms with van der Waals surface area (Å²) in [4.78, 5) is 0. The molecule has 2 rings (SSSR count). The maximum atomic E-state index is 6.16. The van der Waals surface area contributed by atoms with Gasteiger partial charge in [-0.05, 0) is 37.0 Å². The van der Waals surface area contributed by atoms with E-state index in [2.05, 4.69) is 21.2 Å². The average molecular weight is 319 g/mol. The maximum absolute atomic E-state index is 6.16. The van der Waals surface area contributed by atoms with E-state index in [0.29, 0.717) is 0 Å². The van der Waals surface area contributed by atoms with Gasteiger partial charge >= 0.3 is 0 Å². The summed E-state index contributed by atoms with van der Waals surface area (Å²) in [5.74, 6) is 0. The molecule has 0 amide bonds. The van der Waals surface area contributed by atoms with Crippen molar-refractivity contribution in [1.29, 1.82) is 0 Å². The predicted molar refractivity (Wildman–Crippen MR) is 74.4 cm³/mol. The molecule has 94 valence electrons. The van der Waals surface area contributed by atoms with Gasteiger partial charge in [0.25, 0.3) is 0 Å². The Balaban J connectivity index is 1.85. The number of hydrogen-bond acceptors (Lipinski definition) is 2. The first kappa shape index (κ1) is 13.3. The predicted octanol–water partition coefficient (Wildman–Crippen LogP) is 3.76. The van der Waals surface area contributed by atoms with Crippen molar-refractivity contribution in [3.8, 4) is 0 Å². The molecule has 4 heteroatoms. The molecule has 0 bridgehead atoms. The van der Waals surface area contributed by atoms with E-state index in [0.717, 1.165) is 41.0 Å². The molecule has 0 aliphatic heterocycles. The van der Waals surface area contributed by atoms with Crippen molar-refractivity contribution in [2.45, 2.75) is 31.4 Å². The lowest BCUT2D eigenvalue weighted by atomic mass is 9.80. The van der Waals surface area contributed by atoms with E-state index in [1.807, 2.05) is 18.2 Å². The molecule has 1 aliphatic carbocycles. The summed E-state index contributed by atoms with van der Waals surface area (Å²) >= 11 is 9.56. The van der Waals surface area contributed by atoms with E-state index in [9.17, 15) is 0 Å². The molecule has 2 nitrogen and oxygen atoms in total. The summed E-state index contributed by atoms with van der Waals surface area (Å²) in [6, 6.07) is 5.98. The van der Waals surface area contributed by atoms with Gasteiger partial charge in [-0.1, -0.05) is 33.6 Å². The van der Waals surface area contributed by atoms with Crippen LogP contribution in [0.25, 0.3) is 0 Å². The minimum absolute atomic E-state index is 0.0713. The van der Waals surface area contributed by atoms with Crippen LogP contribution < -0.4 is 5.32 Å². The van der Waals surface area contributed by atoms with Crippen LogP contribution in [0.5, 0.6) is 0 Å². The van der Waals surface area contributed by atoms with E-state index in [-0.39, 0.29) is 5.60 Å². The van der Waals surface area contributed by atoms with Gasteiger partial charge < -0.3 is 10.1 Å². The molecule has 0 aromatic heterocycles. The molecular weight excluding hydrogens is 302 g/mol. The number of hydrogen-bond donors (Lipinski definition) is 1. The lowest BCUT2D eigenvalue weighted by Gasteiger charge is -2.40. The Morgan fingerprint density at radius 2 is 2.24 bits per heavy atom. The van der Waals surface area contributed by atoms with Crippen molar-refractivity contribution in [3.05, 3.63) is 33.3 Å². The topological polar surface area (TPSA) is 21.3 Å². The fraction of sp³-hybridized carbons (Fsp3) is 0.538. The second-order valence-electron chi connectivity index (χ2n) is 4.58. The van der Waals surface area contributed by atoms with Gasteiger partial charge in [-0.25, -0.2) is 0 Å². The Labute approximate surface area is 116 Å². The van der Waals surface area contributed by atoms with Gasteiger partial charge in [-0.2, -0.15) is 0 Å². The van der Waals surface area contributed by atoms with Gasteiger partial charge in [0.1, 0.15) is 0 Å². The molecule has 1 N–H and O–H groups in total. The zero-order valence-electron chi connectivity index (χ0n) is 9.93. The van der Waals surface area contributed by atoms with Crippen LogP contribution in [0, 0.1) is 0 Å². The molecule has 1 aliphatic rings. The monoisotopic (exact) mass is 317 g/mol. The minimum atomic E-state index is 0.0713. The summed E-state index contributed by atoms with van der Waals surface area (Å²) in [5.41, 5.74) is 1.20. The number of rotatable bonds is 5. The Bertz CT molecular complexity index is 387. The fourth-order valence-electron chi connectivity index (χ4n) is 2.11. The smallest absolute Gasteiger partial charge is 0.0802 e. The molecular formula is C13H17BrClNO. The summed E-state index contributed by atoms with van der Waals surface area (Å²) in [6.45, 7) is 1.69. The molecule has 1 aromatic rings. The van der Waals surface area contributed by atoms with Crippen LogP contribution >= 0.6 is 27.5 Å². The van der Waals surface area contributed by atoms with E-state index >= 15 is 0 Å². The number of ether oxygens (including phenoxy) is 1. The summed E-state index contributed by atoms with van der Waals surface area (Å²) in [7, 11) is 1.80. The molecule has 0 atom stereocenters. The Kier molecular flexibility index (Phi) is 4.47. The summed E-state index contributed by atoms with van der Waals surface area (Å²) < 4.78 is 6.57. The first-order valence-corrected chi connectivity index (χ1v) is 7.02. The molecule has 0 saturated heterocycles. The first-order valence-electron chi connectivity index (χ1n) is 5.85. The van der Waals surface area contributed by atoms with Crippen molar-refractivity contribution < 1.29 is 4.74 Å². The lowest BCUT2D eigenvalue weighted by Crippen LogP contribution is -2.47. The quantitative estimate of drug-likeness (QED) is 0.892. The van der Waals surface area contributed by atoms with E-state index < -0.39 is 0 Å². The number of halogens is 2. The number of methoxy groups -OCH3 is 1. The van der Waals surface area contributed by atoms with Crippen molar-refractivity contribution >= 4 is 27.5 Å². The number of nitrogens with one attached hydrogen (secondary N) is 1. The van der Waals surface area contributed by atoms with Gasteiger partial charge in [-0.3, -0.25) is 0 Å². The highest BCUT2D eigenvalue weighted by molar-refractivity contribution is 9.10. The molecule has 1 fully saturated rings. The van der Waals surface area contributed by atoms with Crippen LogP contribution in [0.2, 0.25) is 5.02 Å². The number of benzene rings is 1. The van der Waals surface area contributed by atoms with Gasteiger partial charge in [0.05, 0.1) is 5.60 Å². The average Bonchev–Trinajstić information content (AvgIpc) is 2.25. The van der Waals surface area contributed by atoms with Gasteiger partial charge in [0.2, 0.25) is 0 Å². The third-order valence-corrected chi connectivity index (χ3v) is 4.32. The second kappa shape index (κ2) is 5.70. The molecule has 0 spiro atoms.